The van der Waals surface area contributed by atoms with Crippen molar-refractivity contribution < 1.29 is 19.1 Å². The van der Waals surface area contributed by atoms with Gasteiger partial charge < -0.3 is 14.4 Å². The number of allylic oxidation sites excluding steroid dienone is 1. The van der Waals surface area contributed by atoms with Crippen molar-refractivity contribution in [2.75, 3.05) is 12.0 Å². The van der Waals surface area contributed by atoms with Crippen molar-refractivity contribution in [1.29, 1.82) is 0 Å². The highest BCUT2D eigenvalue weighted by Crippen LogP contribution is 2.37. The summed E-state index contributed by atoms with van der Waals surface area (Å²) < 4.78 is 12.7. The summed E-state index contributed by atoms with van der Waals surface area (Å²) in [7, 11) is 1.58. The van der Waals surface area contributed by atoms with Gasteiger partial charge in [-0.3, -0.25) is 14.2 Å². The number of fused-ring (bicyclic) bond motifs is 2. The minimum Gasteiger partial charge on any atom is -0.497 e. The number of nitrogens with zero attached hydrogens (tertiary/aromatic N) is 3. The van der Waals surface area contributed by atoms with Gasteiger partial charge in [0.05, 0.1) is 48.3 Å². The van der Waals surface area contributed by atoms with Gasteiger partial charge in [0.15, 0.2) is 4.80 Å². The molecule has 2 aliphatic heterocycles. The standard InChI is InChI=1S/C34H31N3O5S/c1-19(2)42-33(40)27-21(4)35-34-37(29(27)23-14-16-24(41-5)17-15-23)32(39)30(43-34)28-25-8-6-7-9-26(25)36(31(28)38)18-22-12-10-20(3)11-13-22/h6-17,19,29H,18H2,1-5H3. The van der Waals surface area contributed by atoms with E-state index < -0.39 is 12.0 Å². The van der Waals surface area contributed by atoms with Crippen molar-refractivity contribution in [2.45, 2.75) is 46.4 Å². The quantitative estimate of drug-likeness (QED) is 0.309. The Labute approximate surface area is 252 Å². The number of hydrogen-bond acceptors (Lipinski definition) is 7. The zero-order valence-corrected chi connectivity index (χ0v) is 25.4. The number of aryl methyl sites for hydroxylation is 1. The van der Waals surface area contributed by atoms with E-state index in [2.05, 4.69) is 0 Å². The molecule has 0 aliphatic carbocycles. The second-order valence-corrected chi connectivity index (χ2v) is 11.9. The van der Waals surface area contributed by atoms with E-state index in [9.17, 15) is 14.4 Å². The summed E-state index contributed by atoms with van der Waals surface area (Å²) in [6, 6.07) is 22.0. The molecule has 2 aliphatic rings. The third kappa shape index (κ3) is 4.99. The number of esters is 1. The minimum absolute atomic E-state index is 0.247. The summed E-state index contributed by atoms with van der Waals surface area (Å²) in [6.45, 7) is 7.69. The summed E-state index contributed by atoms with van der Waals surface area (Å²) in [6.07, 6.45) is -0.358. The molecule has 43 heavy (non-hydrogen) atoms. The van der Waals surface area contributed by atoms with Crippen LogP contribution in [-0.4, -0.2) is 29.7 Å². The lowest BCUT2D eigenvalue weighted by atomic mass is 9.95. The number of para-hydroxylation sites is 1. The molecule has 4 aromatic rings. The molecule has 0 radical (unpaired) electrons. The van der Waals surface area contributed by atoms with Crippen LogP contribution in [0.4, 0.5) is 5.69 Å². The van der Waals surface area contributed by atoms with Crippen LogP contribution in [0.15, 0.2) is 93.9 Å². The number of hydrogen-bond donors (Lipinski definition) is 0. The van der Waals surface area contributed by atoms with E-state index in [0.29, 0.717) is 39.5 Å². The highest BCUT2D eigenvalue weighted by molar-refractivity contribution is 7.07. The van der Waals surface area contributed by atoms with Crippen LogP contribution in [0, 0.1) is 6.92 Å². The number of methoxy groups -OCH3 is 1. The maximum atomic E-state index is 14.4. The molecule has 1 unspecified atom stereocenters. The zero-order valence-electron chi connectivity index (χ0n) is 24.6. The predicted molar refractivity (Wildman–Crippen MR) is 166 cm³/mol. The average molecular weight is 594 g/mol. The molecule has 8 nitrogen and oxygen atoms in total. The van der Waals surface area contributed by atoms with Gasteiger partial charge in [-0.05, 0) is 57.0 Å². The lowest BCUT2D eigenvalue weighted by Crippen LogP contribution is -2.41. The second-order valence-electron chi connectivity index (χ2n) is 10.9. The first-order valence-corrected chi connectivity index (χ1v) is 14.9. The number of carbonyl (C=O) groups is 2. The molecule has 0 fully saturated rings. The Morgan fingerprint density at radius 3 is 2.35 bits per heavy atom. The topological polar surface area (TPSA) is 90.2 Å². The van der Waals surface area contributed by atoms with Crippen LogP contribution in [0.1, 0.15) is 49.1 Å². The molecule has 1 amide bonds. The van der Waals surface area contributed by atoms with Gasteiger partial charge in [-0.1, -0.05) is 71.5 Å². The highest BCUT2D eigenvalue weighted by atomic mass is 32.1. The average Bonchev–Trinajstić information content (AvgIpc) is 3.45. The van der Waals surface area contributed by atoms with Crippen LogP contribution >= 0.6 is 11.3 Å². The summed E-state index contributed by atoms with van der Waals surface area (Å²) in [5.74, 6) is -0.142. The lowest BCUT2D eigenvalue weighted by molar-refractivity contribution is -0.143. The summed E-state index contributed by atoms with van der Waals surface area (Å²) in [4.78, 5) is 48.7. The molecule has 1 atom stereocenters. The van der Waals surface area contributed by atoms with E-state index in [0.717, 1.165) is 28.2 Å². The summed E-state index contributed by atoms with van der Waals surface area (Å²) >= 11 is 1.16. The number of amides is 1. The Kier molecular flexibility index (Phi) is 7.35. The Morgan fingerprint density at radius 2 is 1.67 bits per heavy atom. The van der Waals surface area contributed by atoms with Crippen LogP contribution in [0.25, 0.3) is 5.57 Å². The molecule has 0 spiro atoms. The molecule has 6 rings (SSSR count). The van der Waals surface area contributed by atoms with E-state index >= 15 is 0 Å². The molecule has 0 saturated carbocycles. The third-order valence-electron chi connectivity index (χ3n) is 7.60. The normalized spacial score (nSPS) is 17.1. The van der Waals surface area contributed by atoms with Crippen molar-refractivity contribution in [3.63, 3.8) is 0 Å². The number of ether oxygens (including phenoxy) is 2. The molecule has 0 bridgehead atoms. The summed E-state index contributed by atoms with van der Waals surface area (Å²) in [5.41, 5.74) is 4.96. The van der Waals surface area contributed by atoms with Gasteiger partial charge in [0, 0.05) is 5.56 Å². The number of thiazole rings is 1. The number of aromatic nitrogens is 1. The monoisotopic (exact) mass is 593 g/mol. The van der Waals surface area contributed by atoms with Gasteiger partial charge in [-0.25, -0.2) is 9.79 Å². The largest absolute Gasteiger partial charge is 0.497 e. The van der Waals surface area contributed by atoms with Crippen LogP contribution in [0.2, 0.25) is 0 Å². The Hall–Kier alpha value is -4.76. The molecular formula is C34H31N3O5S. The molecule has 3 aromatic carbocycles. The first kappa shape index (κ1) is 28.4. The van der Waals surface area contributed by atoms with Crippen LogP contribution in [0.5, 0.6) is 5.75 Å². The highest BCUT2D eigenvalue weighted by Gasteiger charge is 2.37. The Balaban J connectivity index is 1.55. The van der Waals surface area contributed by atoms with Crippen LogP contribution < -0.4 is 24.5 Å². The first-order chi connectivity index (χ1) is 20.7. The van der Waals surface area contributed by atoms with Crippen molar-refractivity contribution >= 4 is 34.5 Å². The Morgan fingerprint density at radius 1 is 0.977 bits per heavy atom. The van der Waals surface area contributed by atoms with Gasteiger partial charge >= 0.3 is 5.97 Å². The fourth-order valence-electron chi connectivity index (χ4n) is 5.54. The Bertz CT molecular complexity index is 1970. The summed E-state index contributed by atoms with van der Waals surface area (Å²) in [5, 5.41) is 0. The fraction of sp³-hybridized carbons (Fsp3) is 0.235. The first-order valence-electron chi connectivity index (χ1n) is 14.0. The molecule has 9 heteroatoms. The number of benzene rings is 3. The SMILES string of the molecule is COc1ccc(C2C(C(=O)OC(C)C)=C(C)N=c3sc(=C4C(=O)N(Cc5ccc(C)cc5)c5ccccc54)c(=O)n32)cc1. The van der Waals surface area contributed by atoms with Gasteiger partial charge in [0.2, 0.25) is 0 Å². The van der Waals surface area contributed by atoms with E-state index in [1.54, 1.807) is 44.9 Å². The third-order valence-corrected chi connectivity index (χ3v) is 8.66. The van der Waals surface area contributed by atoms with Gasteiger partial charge in [-0.15, -0.1) is 0 Å². The molecule has 1 aromatic heterocycles. The molecule has 3 heterocycles. The van der Waals surface area contributed by atoms with Gasteiger partial charge in [-0.2, -0.15) is 0 Å². The van der Waals surface area contributed by atoms with Gasteiger partial charge in [0.25, 0.3) is 11.5 Å². The number of rotatable bonds is 6. The maximum Gasteiger partial charge on any atom is 0.338 e. The number of anilines is 1. The van der Waals surface area contributed by atoms with Crippen LogP contribution in [-0.2, 0) is 20.9 Å². The number of carbonyl (C=O) groups excluding carboxylic acids is 2. The fourth-order valence-corrected chi connectivity index (χ4v) is 6.68. The minimum atomic E-state index is -0.793. The van der Waals surface area contributed by atoms with Crippen molar-refractivity contribution in [2.24, 2.45) is 4.99 Å². The van der Waals surface area contributed by atoms with Crippen molar-refractivity contribution in [3.05, 3.63) is 126 Å². The van der Waals surface area contributed by atoms with E-state index in [1.165, 1.54) is 4.57 Å². The second kappa shape index (κ2) is 11.1. The zero-order chi connectivity index (χ0) is 30.4. The van der Waals surface area contributed by atoms with Gasteiger partial charge in [0.1, 0.15) is 10.3 Å². The van der Waals surface area contributed by atoms with E-state index in [-0.39, 0.29) is 27.7 Å². The van der Waals surface area contributed by atoms with Crippen molar-refractivity contribution in [1.82, 2.24) is 4.57 Å². The molecule has 218 valence electrons. The molecular weight excluding hydrogens is 562 g/mol. The smallest absolute Gasteiger partial charge is 0.338 e. The van der Waals surface area contributed by atoms with Crippen LogP contribution in [0.3, 0.4) is 0 Å². The molecule has 0 N–H and O–H groups in total. The molecule has 0 saturated heterocycles. The maximum absolute atomic E-state index is 14.4. The van der Waals surface area contributed by atoms with Crippen molar-refractivity contribution in [3.8, 4) is 5.75 Å². The lowest BCUT2D eigenvalue weighted by Gasteiger charge is -2.25. The van der Waals surface area contributed by atoms with E-state index in [1.807, 2.05) is 67.6 Å². The van der Waals surface area contributed by atoms with E-state index in [4.69, 9.17) is 14.5 Å². The predicted octanol–water partition coefficient (Wildman–Crippen LogP) is 4.42.